The minimum atomic E-state index is -0.408. The van der Waals surface area contributed by atoms with Gasteiger partial charge in [0.15, 0.2) is 5.82 Å². The molecular weight excluding hydrogens is 442 g/mol. The molecule has 0 fully saturated rings. The predicted molar refractivity (Wildman–Crippen MR) is 104 cm³/mol. The minimum Gasteiger partial charge on any atom is -0.258 e. The van der Waals surface area contributed by atoms with Gasteiger partial charge in [-0.3, -0.25) is 14.8 Å². The Hall–Kier alpha value is -2.05. The average molecular weight is 456 g/mol. The van der Waals surface area contributed by atoms with Crippen molar-refractivity contribution in [3.05, 3.63) is 48.1 Å². The molecule has 0 aromatic carbocycles. The van der Waals surface area contributed by atoms with E-state index in [-0.39, 0.29) is 5.69 Å². The molecule has 0 bridgehead atoms. The lowest BCUT2D eigenvalue weighted by molar-refractivity contribution is -0.386. The summed E-state index contributed by atoms with van der Waals surface area (Å²) in [4.78, 5) is 11.7. The van der Waals surface area contributed by atoms with Gasteiger partial charge in [0, 0.05) is 14.7 Å². The Morgan fingerprint density at radius 1 is 1.42 bits per heavy atom. The van der Waals surface area contributed by atoms with Gasteiger partial charge in [0.25, 0.3) is 0 Å². The van der Waals surface area contributed by atoms with Crippen LogP contribution < -0.4 is 0 Å². The number of thioether (sulfide) groups is 1. The van der Waals surface area contributed by atoms with Crippen LogP contribution in [0, 0.1) is 30.9 Å². The van der Waals surface area contributed by atoms with Crippen molar-refractivity contribution in [3.8, 4) is 0 Å². The third-order valence-corrected chi connectivity index (χ3v) is 6.01. The number of halogens is 1. The molecule has 0 N–H and O–H groups in total. The Labute approximate surface area is 165 Å². The summed E-state index contributed by atoms with van der Waals surface area (Å²) >= 11 is 6.33. The third-order valence-electron chi connectivity index (χ3n) is 3.50. The molecule has 0 spiro atoms. The van der Waals surface area contributed by atoms with Crippen LogP contribution in [-0.4, -0.2) is 35.8 Å². The van der Waals surface area contributed by atoms with Crippen molar-refractivity contribution in [3.63, 3.8) is 0 Å². The molecule has 3 heterocycles. The molecule has 136 valence electrons. The standard InChI is InChI=1S/C14H14BrN7O2S2/c1-8-13(22(23)24)9(2)20(19-8)7-26-14-18-17-10(3)21(14)16-5-12-4-11(15)6-25-12/h4-6H,7H2,1-3H3/b16-5+. The van der Waals surface area contributed by atoms with E-state index in [0.717, 1.165) is 9.35 Å². The van der Waals surface area contributed by atoms with Crippen LogP contribution in [-0.2, 0) is 5.88 Å². The van der Waals surface area contributed by atoms with Gasteiger partial charge in [-0.15, -0.1) is 21.5 Å². The maximum Gasteiger partial charge on any atom is 0.312 e. The maximum absolute atomic E-state index is 11.1. The summed E-state index contributed by atoms with van der Waals surface area (Å²) in [6, 6.07) is 1.97. The van der Waals surface area contributed by atoms with Gasteiger partial charge < -0.3 is 0 Å². The summed E-state index contributed by atoms with van der Waals surface area (Å²) in [5.41, 5.74) is 0.950. The van der Waals surface area contributed by atoms with Crippen molar-refractivity contribution in [2.45, 2.75) is 31.8 Å². The van der Waals surface area contributed by atoms with E-state index in [1.807, 2.05) is 18.4 Å². The molecule has 0 saturated carbocycles. The first-order chi connectivity index (χ1) is 12.4. The second-order valence-electron chi connectivity index (χ2n) is 5.30. The maximum atomic E-state index is 11.1. The van der Waals surface area contributed by atoms with Crippen LogP contribution in [0.15, 0.2) is 26.2 Å². The lowest BCUT2D eigenvalue weighted by Crippen LogP contribution is -2.02. The van der Waals surface area contributed by atoms with Crippen molar-refractivity contribution in [1.82, 2.24) is 24.7 Å². The fourth-order valence-electron chi connectivity index (χ4n) is 2.27. The number of hydrogen-bond acceptors (Lipinski definition) is 8. The molecule has 0 radical (unpaired) electrons. The zero-order valence-electron chi connectivity index (χ0n) is 14.1. The second kappa shape index (κ2) is 7.68. The zero-order chi connectivity index (χ0) is 18.8. The van der Waals surface area contributed by atoms with Crippen LogP contribution in [0.25, 0.3) is 0 Å². The third kappa shape index (κ3) is 3.86. The molecule has 0 saturated heterocycles. The smallest absolute Gasteiger partial charge is 0.258 e. The van der Waals surface area contributed by atoms with Crippen LogP contribution in [0.3, 0.4) is 0 Å². The fraction of sp³-hybridized carbons (Fsp3) is 0.286. The Morgan fingerprint density at radius 2 is 2.19 bits per heavy atom. The summed E-state index contributed by atoms with van der Waals surface area (Å²) < 4.78 is 4.23. The Morgan fingerprint density at radius 3 is 2.81 bits per heavy atom. The number of hydrogen-bond donors (Lipinski definition) is 0. The molecule has 0 unspecified atom stereocenters. The molecule has 3 rings (SSSR count). The summed E-state index contributed by atoms with van der Waals surface area (Å²) in [7, 11) is 0. The average Bonchev–Trinajstić information content (AvgIpc) is 3.22. The molecule has 12 heteroatoms. The fourth-order valence-corrected chi connectivity index (χ4v) is 4.46. The lowest BCUT2D eigenvalue weighted by Gasteiger charge is -2.03. The van der Waals surface area contributed by atoms with Crippen molar-refractivity contribution >= 4 is 50.9 Å². The highest BCUT2D eigenvalue weighted by Gasteiger charge is 2.22. The van der Waals surface area contributed by atoms with E-state index in [0.29, 0.717) is 28.2 Å². The topological polar surface area (TPSA) is 104 Å². The van der Waals surface area contributed by atoms with Crippen molar-refractivity contribution in [2.24, 2.45) is 5.10 Å². The van der Waals surface area contributed by atoms with Crippen molar-refractivity contribution in [1.29, 1.82) is 0 Å². The number of aryl methyl sites for hydroxylation is 2. The van der Waals surface area contributed by atoms with E-state index in [9.17, 15) is 10.1 Å². The Kier molecular flexibility index (Phi) is 5.53. The lowest BCUT2D eigenvalue weighted by atomic mass is 10.3. The Bertz CT molecular complexity index is 992. The first-order valence-electron chi connectivity index (χ1n) is 7.38. The number of thiophene rings is 1. The Balaban J connectivity index is 1.78. The molecule has 0 aliphatic rings. The molecular formula is C14H14BrN7O2S2. The van der Waals surface area contributed by atoms with E-state index in [4.69, 9.17) is 0 Å². The number of aromatic nitrogens is 5. The highest BCUT2D eigenvalue weighted by Crippen LogP contribution is 2.26. The van der Waals surface area contributed by atoms with Crippen LogP contribution in [0.1, 0.15) is 22.1 Å². The molecule has 26 heavy (non-hydrogen) atoms. The van der Waals surface area contributed by atoms with Gasteiger partial charge in [-0.25, -0.2) is 0 Å². The van der Waals surface area contributed by atoms with Gasteiger partial charge >= 0.3 is 5.69 Å². The van der Waals surface area contributed by atoms with Gasteiger partial charge in [-0.05, 0) is 42.8 Å². The second-order valence-corrected chi connectivity index (χ2v) is 8.07. The van der Waals surface area contributed by atoms with E-state index < -0.39 is 4.92 Å². The zero-order valence-corrected chi connectivity index (χ0v) is 17.3. The molecule has 3 aromatic rings. The highest BCUT2D eigenvalue weighted by molar-refractivity contribution is 9.10. The molecule has 0 aliphatic carbocycles. The van der Waals surface area contributed by atoms with E-state index >= 15 is 0 Å². The molecule has 0 aliphatic heterocycles. The van der Waals surface area contributed by atoms with E-state index in [1.165, 1.54) is 11.8 Å². The van der Waals surface area contributed by atoms with Gasteiger partial charge in [0.2, 0.25) is 5.16 Å². The van der Waals surface area contributed by atoms with Gasteiger partial charge in [-0.1, -0.05) is 11.8 Å². The summed E-state index contributed by atoms with van der Waals surface area (Å²) in [6.07, 6.45) is 1.74. The van der Waals surface area contributed by atoms with Crippen LogP contribution in [0.5, 0.6) is 0 Å². The first kappa shape index (κ1) is 18.7. The quantitative estimate of drug-likeness (QED) is 0.242. The molecule has 0 amide bonds. The molecule has 9 nitrogen and oxygen atoms in total. The predicted octanol–water partition coefficient (Wildman–Crippen LogP) is 3.76. The van der Waals surface area contributed by atoms with Crippen molar-refractivity contribution in [2.75, 3.05) is 0 Å². The highest BCUT2D eigenvalue weighted by atomic mass is 79.9. The number of rotatable bonds is 6. The van der Waals surface area contributed by atoms with Crippen LogP contribution in [0.4, 0.5) is 5.69 Å². The normalized spacial score (nSPS) is 11.5. The van der Waals surface area contributed by atoms with Crippen molar-refractivity contribution < 1.29 is 4.92 Å². The molecule has 0 atom stereocenters. The largest absolute Gasteiger partial charge is 0.312 e. The van der Waals surface area contributed by atoms with Gasteiger partial charge in [-0.2, -0.15) is 14.9 Å². The minimum absolute atomic E-state index is 0.0459. The van der Waals surface area contributed by atoms with Gasteiger partial charge in [0.1, 0.15) is 11.4 Å². The number of nitro groups is 1. The summed E-state index contributed by atoms with van der Waals surface area (Å²) in [5, 5.41) is 30.5. The first-order valence-corrected chi connectivity index (χ1v) is 10.0. The molecule has 3 aromatic heterocycles. The van der Waals surface area contributed by atoms with Crippen LogP contribution in [0.2, 0.25) is 0 Å². The van der Waals surface area contributed by atoms with Gasteiger partial charge in [0.05, 0.1) is 17.0 Å². The van der Waals surface area contributed by atoms with E-state index in [2.05, 4.69) is 36.3 Å². The number of nitrogens with zero attached hydrogens (tertiary/aromatic N) is 7. The van der Waals surface area contributed by atoms with E-state index in [1.54, 1.807) is 40.8 Å². The summed E-state index contributed by atoms with van der Waals surface area (Å²) in [6.45, 7) is 5.12. The monoisotopic (exact) mass is 455 g/mol. The summed E-state index contributed by atoms with van der Waals surface area (Å²) in [5.74, 6) is 1.03. The SMILES string of the molecule is Cc1nn(CSc2nnc(C)n2/N=C/c2cc(Br)cs2)c(C)c1[N+](=O)[O-]. The van der Waals surface area contributed by atoms with Crippen LogP contribution >= 0.6 is 39.0 Å².